The van der Waals surface area contributed by atoms with E-state index in [-0.39, 0.29) is 55.1 Å². The van der Waals surface area contributed by atoms with Crippen molar-refractivity contribution in [1.82, 2.24) is 20.9 Å². The number of nitrogens with zero attached hydrogens (tertiary/aromatic N) is 1. The average Bonchev–Trinajstić information content (AvgIpc) is 3.23. The number of ether oxygens (including phenoxy) is 2. The molecule has 3 heterocycles. The summed E-state index contributed by atoms with van der Waals surface area (Å²) in [6.07, 6.45) is 2.13. The number of hydrogen-bond acceptors (Lipinski definition) is 6. The Morgan fingerprint density at radius 2 is 1.81 bits per heavy atom. The number of imide groups is 1. The van der Waals surface area contributed by atoms with Crippen molar-refractivity contribution in [2.45, 2.75) is 83.1 Å². The second-order valence-corrected chi connectivity index (χ2v) is 10.2. The molecule has 0 aromatic heterocycles. The van der Waals surface area contributed by atoms with Gasteiger partial charge in [-0.1, -0.05) is 6.07 Å². The van der Waals surface area contributed by atoms with Gasteiger partial charge < -0.3 is 25.4 Å². The number of amides is 4. The van der Waals surface area contributed by atoms with Crippen molar-refractivity contribution in [2.24, 2.45) is 0 Å². The van der Waals surface area contributed by atoms with Crippen LogP contribution >= 0.6 is 0 Å². The van der Waals surface area contributed by atoms with E-state index in [2.05, 4.69) is 43.6 Å². The van der Waals surface area contributed by atoms with Crippen molar-refractivity contribution in [1.29, 1.82) is 0 Å². The van der Waals surface area contributed by atoms with Crippen LogP contribution in [0.4, 0.5) is 4.79 Å². The molecule has 0 aliphatic carbocycles. The number of rotatable bonds is 6. The lowest BCUT2D eigenvalue weighted by Crippen LogP contribution is -2.62. The fourth-order valence-electron chi connectivity index (χ4n) is 5.14. The zero-order valence-corrected chi connectivity index (χ0v) is 19.1. The lowest BCUT2D eigenvalue weighted by molar-refractivity contribution is -0.128. The highest BCUT2D eigenvalue weighted by Gasteiger charge is 2.40. The first-order valence-electron chi connectivity index (χ1n) is 11.1. The molecule has 174 valence electrons. The maximum Gasteiger partial charge on any atom is 0.325 e. The van der Waals surface area contributed by atoms with Gasteiger partial charge in [-0.25, -0.2) is 4.79 Å². The number of nitrogens with one attached hydrogen (secondary N) is 3. The van der Waals surface area contributed by atoms with Gasteiger partial charge in [0, 0.05) is 23.5 Å². The van der Waals surface area contributed by atoms with Crippen LogP contribution in [0.15, 0.2) is 18.2 Å². The first kappa shape index (κ1) is 22.4. The third kappa shape index (κ3) is 4.98. The first-order chi connectivity index (χ1) is 15.0. The van der Waals surface area contributed by atoms with Gasteiger partial charge in [0.2, 0.25) is 12.7 Å². The predicted octanol–water partition coefficient (Wildman–Crippen LogP) is 2.04. The number of carbonyl (C=O) groups excluding carboxylic acids is 3. The number of urea groups is 1. The number of piperidine rings is 1. The fraction of sp³-hybridized carbons (Fsp3) is 0.609. The van der Waals surface area contributed by atoms with Gasteiger partial charge in [-0.2, -0.15) is 0 Å². The van der Waals surface area contributed by atoms with Crippen LogP contribution in [0.2, 0.25) is 0 Å². The van der Waals surface area contributed by atoms with Crippen molar-refractivity contribution in [3.63, 3.8) is 0 Å². The number of carbonyl (C=O) groups is 3. The molecule has 2 saturated heterocycles. The molecular formula is C23H32N4O5. The normalized spacial score (nSPS) is 23.9. The lowest BCUT2D eigenvalue weighted by Gasteiger charge is -2.46. The summed E-state index contributed by atoms with van der Waals surface area (Å²) in [6, 6.07) is 4.28. The molecule has 3 aliphatic heterocycles. The summed E-state index contributed by atoms with van der Waals surface area (Å²) in [6.45, 7) is 8.84. The predicted molar refractivity (Wildman–Crippen MR) is 117 cm³/mol. The van der Waals surface area contributed by atoms with Crippen molar-refractivity contribution in [3.8, 4) is 11.5 Å². The summed E-state index contributed by atoms with van der Waals surface area (Å²) in [5.41, 5.74) is 0.640. The molecule has 2 fully saturated rings. The second kappa shape index (κ2) is 8.27. The van der Waals surface area contributed by atoms with Gasteiger partial charge in [0.25, 0.3) is 5.91 Å². The Morgan fingerprint density at radius 1 is 1.12 bits per heavy atom. The molecule has 1 atom stereocenters. The second-order valence-electron chi connectivity index (χ2n) is 10.2. The summed E-state index contributed by atoms with van der Waals surface area (Å²) in [4.78, 5) is 38.9. The van der Waals surface area contributed by atoms with Crippen LogP contribution in [0.25, 0.3) is 0 Å². The summed E-state index contributed by atoms with van der Waals surface area (Å²) < 4.78 is 10.6. The van der Waals surface area contributed by atoms with Gasteiger partial charge in [0.15, 0.2) is 11.5 Å². The first-order valence-corrected chi connectivity index (χ1v) is 11.1. The number of hydrogen-bond donors (Lipinski definition) is 3. The van der Waals surface area contributed by atoms with E-state index in [1.807, 2.05) is 0 Å². The average molecular weight is 445 g/mol. The van der Waals surface area contributed by atoms with Gasteiger partial charge >= 0.3 is 6.03 Å². The largest absolute Gasteiger partial charge is 0.454 e. The van der Waals surface area contributed by atoms with E-state index < -0.39 is 12.1 Å². The Hall–Kier alpha value is -2.81. The highest BCUT2D eigenvalue weighted by Crippen LogP contribution is 2.33. The van der Waals surface area contributed by atoms with E-state index in [0.717, 1.165) is 18.4 Å². The minimum absolute atomic E-state index is 0.0652. The van der Waals surface area contributed by atoms with Crippen molar-refractivity contribution in [2.75, 3.05) is 6.79 Å². The van der Waals surface area contributed by atoms with Crippen molar-refractivity contribution >= 4 is 17.8 Å². The molecule has 0 unspecified atom stereocenters. The van der Waals surface area contributed by atoms with Crippen molar-refractivity contribution < 1.29 is 23.9 Å². The Morgan fingerprint density at radius 3 is 2.53 bits per heavy atom. The van der Waals surface area contributed by atoms with E-state index in [1.54, 1.807) is 18.2 Å². The van der Waals surface area contributed by atoms with Crippen LogP contribution < -0.4 is 25.4 Å². The third-order valence-electron chi connectivity index (χ3n) is 6.10. The SMILES string of the molecule is CC1(C)CC(NC(=O)CC[C@@H]2NC(=O)N(Cc3ccc4c(c3)OCO4)C2=O)CC(C)(C)N1. The molecular weight excluding hydrogens is 412 g/mol. The van der Waals surface area contributed by atoms with Gasteiger partial charge in [0.05, 0.1) is 6.54 Å². The van der Waals surface area contributed by atoms with E-state index >= 15 is 0 Å². The number of fused-ring (bicyclic) bond motifs is 1. The Balaban J connectivity index is 1.29. The van der Waals surface area contributed by atoms with E-state index in [0.29, 0.717) is 11.5 Å². The highest BCUT2D eigenvalue weighted by atomic mass is 16.7. The van der Waals surface area contributed by atoms with E-state index in [4.69, 9.17) is 9.47 Å². The van der Waals surface area contributed by atoms with Crippen molar-refractivity contribution in [3.05, 3.63) is 23.8 Å². The molecule has 4 rings (SSSR count). The van der Waals surface area contributed by atoms with Crippen LogP contribution in [0.1, 0.15) is 58.9 Å². The molecule has 1 aromatic carbocycles. The molecule has 9 heteroatoms. The maximum atomic E-state index is 12.8. The topological polar surface area (TPSA) is 109 Å². The van der Waals surface area contributed by atoms with E-state index in [1.165, 1.54) is 4.90 Å². The van der Waals surface area contributed by atoms with Crippen LogP contribution in [-0.2, 0) is 16.1 Å². The molecule has 32 heavy (non-hydrogen) atoms. The van der Waals surface area contributed by atoms with Gasteiger partial charge in [-0.3, -0.25) is 14.5 Å². The zero-order valence-electron chi connectivity index (χ0n) is 19.1. The molecule has 4 amide bonds. The third-order valence-corrected chi connectivity index (χ3v) is 6.10. The monoisotopic (exact) mass is 444 g/mol. The molecule has 0 saturated carbocycles. The summed E-state index contributed by atoms with van der Waals surface area (Å²) >= 11 is 0. The molecule has 3 N–H and O–H groups in total. The molecule has 0 spiro atoms. The van der Waals surface area contributed by atoms with Crippen LogP contribution in [0.5, 0.6) is 11.5 Å². The van der Waals surface area contributed by atoms with Gasteiger partial charge in [-0.05, 0) is 64.7 Å². The number of benzene rings is 1. The molecule has 0 radical (unpaired) electrons. The summed E-state index contributed by atoms with van der Waals surface area (Å²) in [5, 5.41) is 9.41. The van der Waals surface area contributed by atoms with Gasteiger partial charge in [0.1, 0.15) is 6.04 Å². The smallest absolute Gasteiger partial charge is 0.325 e. The Labute approximate surface area is 188 Å². The summed E-state index contributed by atoms with van der Waals surface area (Å²) in [5.74, 6) is 0.840. The van der Waals surface area contributed by atoms with Crippen LogP contribution in [0.3, 0.4) is 0 Å². The Bertz CT molecular complexity index is 913. The van der Waals surface area contributed by atoms with Crippen LogP contribution in [-0.4, -0.2) is 52.7 Å². The van der Waals surface area contributed by atoms with E-state index in [9.17, 15) is 14.4 Å². The standard InChI is InChI=1S/C23H32N4O5/c1-22(2)10-15(11-23(3,4)26-22)24-19(28)8-6-16-20(29)27(21(30)25-16)12-14-5-7-17-18(9-14)32-13-31-17/h5,7,9,15-16,26H,6,8,10-13H2,1-4H3,(H,24,28)(H,25,30)/t16-/m0/s1. The highest BCUT2D eigenvalue weighted by molar-refractivity contribution is 6.04. The fourth-order valence-corrected chi connectivity index (χ4v) is 5.14. The molecule has 0 bridgehead atoms. The van der Waals surface area contributed by atoms with Crippen LogP contribution in [0, 0.1) is 0 Å². The minimum Gasteiger partial charge on any atom is -0.454 e. The van der Waals surface area contributed by atoms with Gasteiger partial charge in [-0.15, -0.1) is 0 Å². The molecule has 1 aromatic rings. The molecule has 3 aliphatic rings. The maximum absolute atomic E-state index is 12.8. The lowest BCUT2D eigenvalue weighted by atomic mass is 9.79. The quantitative estimate of drug-likeness (QED) is 0.580. The molecule has 9 nitrogen and oxygen atoms in total. The Kier molecular flexibility index (Phi) is 5.79. The minimum atomic E-state index is -0.692. The zero-order chi connectivity index (χ0) is 23.1. The summed E-state index contributed by atoms with van der Waals surface area (Å²) in [7, 11) is 0.